The summed E-state index contributed by atoms with van der Waals surface area (Å²) in [5.41, 5.74) is 2.75. The molecule has 0 amide bonds. The van der Waals surface area contributed by atoms with Gasteiger partial charge in [0, 0.05) is 18.5 Å². The molecule has 1 aliphatic rings. The van der Waals surface area contributed by atoms with Gasteiger partial charge < -0.3 is 10.1 Å². The third kappa shape index (κ3) is 3.85. The molecular weight excluding hydrogens is 258 g/mol. The van der Waals surface area contributed by atoms with Crippen LogP contribution >= 0.6 is 0 Å². The summed E-state index contributed by atoms with van der Waals surface area (Å²) in [4.78, 5) is 0. The van der Waals surface area contributed by atoms with E-state index in [-0.39, 0.29) is 0 Å². The molecule has 2 heteroatoms. The van der Waals surface area contributed by atoms with Crippen LogP contribution in [0.5, 0.6) is 5.75 Å². The molecule has 0 aromatic heterocycles. The van der Waals surface area contributed by atoms with E-state index in [4.69, 9.17) is 4.74 Å². The lowest BCUT2D eigenvalue weighted by Crippen LogP contribution is -2.17. The van der Waals surface area contributed by atoms with Gasteiger partial charge in [-0.05, 0) is 36.1 Å². The summed E-state index contributed by atoms with van der Waals surface area (Å²) in [5.74, 6) is 1.66. The van der Waals surface area contributed by atoms with E-state index in [2.05, 4.69) is 60.8 Å². The molecule has 110 valence electrons. The van der Waals surface area contributed by atoms with Gasteiger partial charge in [-0.3, -0.25) is 0 Å². The van der Waals surface area contributed by atoms with E-state index in [0.29, 0.717) is 12.0 Å². The molecule has 2 nitrogen and oxygen atoms in total. The standard InChI is InChI=1S/C19H23NO/c1-2-11-21-17-10-6-7-15(12-17)14-20-19-13-18(19)16-8-4-3-5-9-16/h3-10,12,18-20H,2,11,13-14H2,1H3. The third-order valence-electron chi connectivity index (χ3n) is 3.96. The maximum Gasteiger partial charge on any atom is 0.119 e. The van der Waals surface area contributed by atoms with Crippen molar-refractivity contribution in [2.24, 2.45) is 0 Å². The third-order valence-corrected chi connectivity index (χ3v) is 3.96. The van der Waals surface area contributed by atoms with Crippen molar-refractivity contribution >= 4 is 0 Å². The fourth-order valence-corrected chi connectivity index (χ4v) is 2.70. The predicted octanol–water partition coefficient (Wildman–Crippen LogP) is 4.12. The van der Waals surface area contributed by atoms with Gasteiger partial charge in [-0.2, -0.15) is 0 Å². The van der Waals surface area contributed by atoms with Gasteiger partial charge in [0.25, 0.3) is 0 Å². The van der Waals surface area contributed by atoms with Gasteiger partial charge in [0.05, 0.1) is 6.61 Å². The largest absolute Gasteiger partial charge is 0.494 e. The molecular formula is C19H23NO. The number of ether oxygens (including phenoxy) is 1. The lowest BCUT2D eigenvalue weighted by molar-refractivity contribution is 0.317. The van der Waals surface area contributed by atoms with Gasteiger partial charge in [0.15, 0.2) is 0 Å². The molecule has 0 aliphatic heterocycles. The first-order valence-corrected chi connectivity index (χ1v) is 7.87. The Morgan fingerprint density at radius 1 is 1.10 bits per heavy atom. The van der Waals surface area contributed by atoms with Crippen molar-refractivity contribution < 1.29 is 4.74 Å². The monoisotopic (exact) mass is 281 g/mol. The summed E-state index contributed by atoms with van der Waals surface area (Å²) in [5, 5.41) is 3.65. The van der Waals surface area contributed by atoms with Crippen molar-refractivity contribution in [3.05, 3.63) is 65.7 Å². The molecule has 2 aromatic carbocycles. The Bertz CT molecular complexity index is 567. The Balaban J connectivity index is 1.50. The zero-order valence-electron chi connectivity index (χ0n) is 12.6. The van der Waals surface area contributed by atoms with Crippen LogP contribution in [-0.4, -0.2) is 12.6 Å². The van der Waals surface area contributed by atoms with Crippen molar-refractivity contribution in [2.45, 2.75) is 38.3 Å². The molecule has 21 heavy (non-hydrogen) atoms. The van der Waals surface area contributed by atoms with Crippen molar-refractivity contribution in [2.75, 3.05) is 6.61 Å². The Morgan fingerprint density at radius 2 is 1.95 bits per heavy atom. The molecule has 1 aliphatic carbocycles. The van der Waals surface area contributed by atoms with Crippen LogP contribution in [0.15, 0.2) is 54.6 Å². The molecule has 0 spiro atoms. The second-order valence-electron chi connectivity index (χ2n) is 5.74. The topological polar surface area (TPSA) is 21.3 Å². The van der Waals surface area contributed by atoms with Crippen LogP contribution in [0.2, 0.25) is 0 Å². The molecule has 0 heterocycles. The van der Waals surface area contributed by atoms with Gasteiger partial charge in [0.1, 0.15) is 5.75 Å². The maximum atomic E-state index is 5.68. The minimum atomic E-state index is 0.618. The maximum absolute atomic E-state index is 5.68. The number of rotatable bonds is 7. The van der Waals surface area contributed by atoms with Gasteiger partial charge in [-0.25, -0.2) is 0 Å². The lowest BCUT2D eigenvalue weighted by atomic mass is 10.1. The Hall–Kier alpha value is -1.80. The molecule has 1 fully saturated rings. The van der Waals surface area contributed by atoms with Crippen molar-refractivity contribution in [1.29, 1.82) is 0 Å². The van der Waals surface area contributed by atoms with E-state index in [0.717, 1.165) is 25.3 Å². The lowest BCUT2D eigenvalue weighted by Gasteiger charge is -2.08. The van der Waals surface area contributed by atoms with Gasteiger partial charge >= 0.3 is 0 Å². The van der Waals surface area contributed by atoms with E-state index in [1.54, 1.807) is 0 Å². The SMILES string of the molecule is CCCOc1cccc(CNC2CC2c2ccccc2)c1. The fourth-order valence-electron chi connectivity index (χ4n) is 2.70. The summed E-state index contributed by atoms with van der Waals surface area (Å²) in [6.45, 7) is 3.83. The zero-order chi connectivity index (χ0) is 14.5. The van der Waals surface area contributed by atoms with Crippen LogP contribution in [0.4, 0.5) is 0 Å². The second kappa shape index (κ2) is 6.77. The van der Waals surface area contributed by atoms with Gasteiger partial charge in [-0.1, -0.05) is 49.4 Å². The van der Waals surface area contributed by atoms with Crippen LogP contribution in [0.1, 0.15) is 36.8 Å². The second-order valence-corrected chi connectivity index (χ2v) is 5.74. The number of nitrogens with one attached hydrogen (secondary N) is 1. The zero-order valence-corrected chi connectivity index (χ0v) is 12.6. The molecule has 3 rings (SSSR count). The Kier molecular flexibility index (Phi) is 4.56. The highest BCUT2D eigenvalue weighted by atomic mass is 16.5. The molecule has 0 bridgehead atoms. The summed E-state index contributed by atoms with van der Waals surface area (Å²) >= 11 is 0. The molecule has 0 saturated heterocycles. The first kappa shape index (κ1) is 14.2. The summed E-state index contributed by atoms with van der Waals surface area (Å²) in [7, 11) is 0. The average Bonchev–Trinajstić information content (AvgIpc) is 3.32. The van der Waals surface area contributed by atoms with Crippen LogP contribution in [0.3, 0.4) is 0 Å². The number of hydrogen-bond acceptors (Lipinski definition) is 2. The van der Waals surface area contributed by atoms with Crippen molar-refractivity contribution in [3.8, 4) is 5.75 Å². The van der Waals surface area contributed by atoms with Crippen LogP contribution in [-0.2, 0) is 6.54 Å². The normalized spacial score (nSPS) is 20.2. The van der Waals surface area contributed by atoms with E-state index in [1.807, 2.05) is 6.07 Å². The quantitative estimate of drug-likeness (QED) is 0.824. The van der Waals surface area contributed by atoms with E-state index >= 15 is 0 Å². The Morgan fingerprint density at radius 3 is 2.76 bits per heavy atom. The summed E-state index contributed by atoms with van der Waals surface area (Å²) < 4.78 is 5.68. The predicted molar refractivity (Wildman–Crippen MR) is 86.7 cm³/mol. The van der Waals surface area contributed by atoms with Crippen LogP contribution in [0.25, 0.3) is 0 Å². The molecule has 1 saturated carbocycles. The number of hydrogen-bond donors (Lipinski definition) is 1. The number of benzene rings is 2. The molecule has 1 N–H and O–H groups in total. The molecule has 0 radical (unpaired) electrons. The minimum absolute atomic E-state index is 0.618. The van der Waals surface area contributed by atoms with E-state index in [1.165, 1.54) is 17.5 Å². The minimum Gasteiger partial charge on any atom is -0.494 e. The molecule has 2 unspecified atom stereocenters. The highest BCUT2D eigenvalue weighted by Gasteiger charge is 2.37. The van der Waals surface area contributed by atoms with Gasteiger partial charge in [-0.15, -0.1) is 0 Å². The average molecular weight is 281 g/mol. The van der Waals surface area contributed by atoms with E-state index < -0.39 is 0 Å². The highest BCUT2D eigenvalue weighted by molar-refractivity contribution is 5.30. The van der Waals surface area contributed by atoms with Crippen LogP contribution in [0, 0.1) is 0 Å². The van der Waals surface area contributed by atoms with Gasteiger partial charge in [0.2, 0.25) is 0 Å². The highest BCUT2D eigenvalue weighted by Crippen LogP contribution is 2.40. The van der Waals surface area contributed by atoms with Crippen molar-refractivity contribution in [1.82, 2.24) is 5.32 Å². The first-order chi connectivity index (χ1) is 10.4. The first-order valence-electron chi connectivity index (χ1n) is 7.87. The van der Waals surface area contributed by atoms with E-state index in [9.17, 15) is 0 Å². The Labute approximate surface area is 127 Å². The fraction of sp³-hybridized carbons (Fsp3) is 0.368. The summed E-state index contributed by atoms with van der Waals surface area (Å²) in [6, 6.07) is 19.8. The molecule has 2 atom stereocenters. The summed E-state index contributed by atoms with van der Waals surface area (Å²) in [6.07, 6.45) is 2.29. The van der Waals surface area contributed by atoms with Crippen LogP contribution < -0.4 is 10.1 Å². The smallest absolute Gasteiger partial charge is 0.119 e. The van der Waals surface area contributed by atoms with Crippen molar-refractivity contribution in [3.63, 3.8) is 0 Å². The molecule has 2 aromatic rings.